The van der Waals surface area contributed by atoms with E-state index in [1.165, 1.54) is 11.8 Å². The average molecular weight is 494 g/mol. The van der Waals surface area contributed by atoms with Gasteiger partial charge in [-0.3, -0.25) is 4.79 Å². The molecule has 0 saturated heterocycles. The Balaban J connectivity index is 1.84. The van der Waals surface area contributed by atoms with Gasteiger partial charge in [-0.05, 0) is 36.8 Å². The Morgan fingerprint density at radius 3 is 2.59 bits per heavy atom. The van der Waals surface area contributed by atoms with Crippen LogP contribution in [0, 0.1) is 5.92 Å². The minimum absolute atomic E-state index is 0.285. The maximum absolute atomic E-state index is 12.8. The molecule has 0 atom stereocenters. The minimum atomic E-state index is -4.67. The number of hydrogen-bond donors (Lipinski definition) is 2. The molecule has 1 aromatic heterocycles. The van der Waals surface area contributed by atoms with Gasteiger partial charge in [0.2, 0.25) is 15.9 Å². The van der Waals surface area contributed by atoms with E-state index in [4.69, 9.17) is 0 Å². The summed E-state index contributed by atoms with van der Waals surface area (Å²) >= 11 is 1.50. The molecular formula is C19H26F3N5O3S2. The first kappa shape index (κ1) is 26.1. The summed E-state index contributed by atoms with van der Waals surface area (Å²) < 4.78 is 66.8. The number of thioether (sulfide) groups is 1. The Bertz CT molecular complexity index is 1020. The van der Waals surface area contributed by atoms with Gasteiger partial charge >= 0.3 is 6.18 Å². The molecule has 1 heterocycles. The second-order valence-electron chi connectivity index (χ2n) is 7.41. The van der Waals surface area contributed by atoms with Gasteiger partial charge in [-0.1, -0.05) is 31.7 Å². The second-order valence-corrected chi connectivity index (χ2v) is 9.95. The number of nitrogens with zero attached hydrogens (tertiary/aromatic N) is 3. The maximum atomic E-state index is 12.8. The number of benzene rings is 1. The highest BCUT2D eigenvalue weighted by atomic mass is 32.2. The molecule has 1 aromatic carbocycles. The van der Waals surface area contributed by atoms with E-state index in [1.807, 2.05) is 15.5 Å². The van der Waals surface area contributed by atoms with Crippen molar-refractivity contribution in [3.05, 3.63) is 35.7 Å². The Morgan fingerprint density at radius 2 is 1.97 bits per heavy atom. The normalized spacial score (nSPS) is 12.3. The van der Waals surface area contributed by atoms with E-state index >= 15 is 0 Å². The van der Waals surface area contributed by atoms with Gasteiger partial charge in [0.15, 0.2) is 5.16 Å². The van der Waals surface area contributed by atoms with Crippen LogP contribution in [0.2, 0.25) is 0 Å². The second kappa shape index (κ2) is 11.1. The SMILES string of the molecule is CSc1nnc(CCCNC(=O)CNS(=O)(=O)c2cccc(C(F)(F)F)c2)n1CC(C)C. The summed E-state index contributed by atoms with van der Waals surface area (Å²) in [6, 6.07) is 3.33. The van der Waals surface area contributed by atoms with Crippen LogP contribution >= 0.6 is 11.8 Å². The van der Waals surface area contributed by atoms with Crippen LogP contribution in [0.1, 0.15) is 31.7 Å². The van der Waals surface area contributed by atoms with Crippen molar-refractivity contribution in [2.45, 2.75) is 49.5 Å². The zero-order valence-electron chi connectivity index (χ0n) is 17.9. The van der Waals surface area contributed by atoms with Gasteiger partial charge in [0.1, 0.15) is 5.82 Å². The fourth-order valence-electron chi connectivity index (χ4n) is 2.82. The van der Waals surface area contributed by atoms with E-state index in [9.17, 15) is 26.4 Å². The highest BCUT2D eigenvalue weighted by Gasteiger charge is 2.31. The molecule has 0 aliphatic rings. The van der Waals surface area contributed by atoms with Crippen LogP contribution in [0.4, 0.5) is 13.2 Å². The van der Waals surface area contributed by atoms with Gasteiger partial charge in [0.05, 0.1) is 17.0 Å². The third-order valence-electron chi connectivity index (χ3n) is 4.32. The number of sulfonamides is 1. The number of carbonyl (C=O) groups excluding carboxylic acids is 1. The largest absolute Gasteiger partial charge is 0.416 e. The van der Waals surface area contributed by atoms with E-state index in [0.717, 1.165) is 35.7 Å². The Morgan fingerprint density at radius 1 is 1.25 bits per heavy atom. The summed E-state index contributed by atoms with van der Waals surface area (Å²) in [6.07, 6.45) is -1.60. The Kier molecular flexibility index (Phi) is 9.10. The first-order valence-corrected chi connectivity index (χ1v) is 12.5. The quantitative estimate of drug-likeness (QED) is 0.368. The highest BCUT2D eigenvalue weighted by molar-refractivity contribution is 7.98. The molecule has 2 N–H and O–H groups in total. The standard InChI is InChI=1S/C19H26F3N5O3S2/c1-13(2)12-27-16(25-26-18(27)31-3)8-5-9-23-17(28)11-24-32(29,30)15-7-4-6-14(10-15)19(20,21)22/h4,6-7,10,13,24H,5,8-9,11-12H2,1-3H3,(H,23,28). The zero-order chi connectivity index (χ0) is 23.9. The maximum Gasteiger partial charge on any atom is 0.416 e. The van der Waals surface area contributed by atoms with Gasteiger partial charge in [0, 0.05) is 19.5 Å². The first-order valence-electron chi connectivity index (χ1n) is 9.83. The number of carbonyl (C=O) groups is 1. The number of alkyl halides is 3. The molecule has 0 fully saturated rings. The van der Waals surface area contributed by atoms with E-state index in [1.54, 1.807) is 0 Å². The molecule has 0 radical (unpaired) electrons. The number of nitrogens with one attached hydrogen (secondary N) is 2. The van der Waals surface area contributed by atoms with Crippen molar-refractivity contribution in [3.8, 4) is 0 Å². The molecule has 0 aliphatic heterocycles. The molecule has 0 unspecified atom stereocenters. The van der Waals surface area contributed by atoms with Crippen molar-refractivity contribution in [2.75, 3.05) is 19.3 Å². The number of amides is 1. The summed E-state index contributed by atoms with van der Waals surface area (Å²) in [5, 5.41) is 11.7. The molecule has 0 bridgehead atoms. The number of halogens is 3. The molecule has 1 amide bonds. The molecule has 0 spiro atoms. The predicted octanol–water partition coefficient (Wildman–Crippen LogP) is 2.70. The van der Waals surface area contributed by atoms with E-state index < -0.39 is 39.1 Å². The summed E-state index contributed by atoms with van der Waals surface area (Å²) in [6.45, 7) is 4.66. The predicted molar refractivity (Wildman–Crippen MR) is 115 cm³/mol. The third-order valence-corrected chi connectivity index (χ3v) is 6.38. The monoisotopic (exact) mass is 493 g/mol. The van der Waals surface area contributed by atoms with Crippen molar-refractivity contribution in [2.24, 2.45) is 5.92 Å². The molecule has 0 saturated carbocycles. The number of hydrogen-bond acceptors (Lipinski definition) is 6. The van der Waals surface area contributed by atoms with Crippen molar-refractivity contribution >= 4 is 27.7 Å². The Labute approximate surface area is 189 Å². The first-order chi connectivity index (χ1) is 14.9. The number of aromatic nitrogens is 3. The lowest BCUT2D eigenvalue weighted by molar-refractivity contribution is -0.137. The van der Waals surface area contributed by atoms with Crippen LogP contribution in [-0.4, -0.2) is 48.4 Å². The van der Waals surface area contributed by atoms with Gasteiger partial charge in [-0.2, -0.15) is 13.2 Å². The molecule has 13 heteroatoms. The minimum Gasteiger partial charge on any atom is -0.355 e. The molecular weight excluding hydrogens is 467 g/mol. The Hall–Kier alpha value is -2.12. The fourth-order valence-corrected chi connectivity index (χ4v) is 4.37. The molecule has 0 aliphatic carbocycles. The lowest BCUT2D eigenvalue weighted by Crippen LogP contribution is -2.37. The van der Waals surface area contributed by atoms with Crippen molar-refractivity contribution in [3.63, 3.8) is 0 Å². The summed E-state index contributed by atoms with van der Waals surface area (Å²) in [7, 11) is -4.26. The smallest absolute Gasteiger partial charge is 0.355 e. The lowest BCUT2D eigenvalue weighted by atomic mass is 10.2. The van der Waals surface area contributed by atoms with Crippen LogP contribution in [0.25, 0.3) is 0 Å². The van der Waals surface area contributed by atoms with Crippen LogP contribution in [0.3, 0.4) is 0 Å². The van der Waals surface area contributed by atoms with Crippen LogP contribution in [0.15, 0.2) is 34.3 Å². The van der Waals surface area contributed by atoms with Crippen molar-refractivity contribution in [1.29, 1.82) is 0 Å². The molecule has 8 nitrogen and oxygen atoms in total. The average Bonchev–Trinajstić information content (AvgIpc) is 3.10. The molecule has 2 aromatic rings. The fraction of sp³-hybridized carbons (Fsp3) is 0.526. The summed E-state index contributed by atoms with van der Waals surface area (Å²) in [5.74, 6) is 0.636. The number of rotatable bonds is 11. The molecule has 178 valence electrons. The van der Waals surface area contributed by atoms with E-state index in [-0.39, 0.29) is 6.54 Å². The van der Waals surface area contributed by atoms with E-state index in [0.29, 0.717) is 24.8 Å². The van der Waals surface area contributed by atoms with Crippen molar-refractivity contribution in [1.82, 2.24) is 24.8 Å². The third kappa shape index (κ3) is 7.48. The summed E-state index contributed by atoms with van der Waals surface area (Å²) in [5.41, 5.74) is -1.08. The number of aryl methyl sites for hydroxylation is 1. The lowest BCUT2D eigenvalue weighted by Gasteiger charge is -2.12. The van der Waals surface area contributed by atoms with Gasteiger partial charge in [-0.25, -0.2) is 13.1 Å². The van der Waals surface area contributed by atoms with Gasteiger partial charge < -0.3 is 9.88 Å². The topological polar surface area (TPSA) is 106 Å². The van der Waals surface area contributed by atoms with Crippen LogP contribution < -0.4 is 10.0 Å². The van der Waals surface area contributed by atoms with Crippen molar-refractivity contribution < 1.29 is 26.4 Å². The summed E-state index contributed by atoms with van der Waals surface area (Å²) in [4.78, 5) is 11.4. The molecule has 32 heavy (non-hydrogen) atoms. The van der Waals surface area contributed by atoms with Gasteiger partial charge in [0.25, 0.3) is 0 Å². The van der Waals surface area contributed by atoms with Crippen LogP contribution in [0.5, 0.6) is 0 Å². The zero-order valence-corrected chi connectivity index (χ0v) is 19.6. The highest BCUT2D eigenvalue weighted by Crippen LogP contribution is 2.30. The molecule has 2 rings (SSSR count). The van der Waals surface area contributed by atoms with Crippen LogP contribution in [-0.2, 0) is 34.0 Å². The van der Waals surface area contributed by atoms with E-state index in [2.05, 4.69) is 29.4 Å². The van der Waals surface area contributed by atoms with Gasteiger partial charge in [-0.15, -0.1) is 10.2 Å².